The number of aromatic nitrogens is 4. The van der Waals surface area contributed by atoms with E-state index >= 15 is 4.39 Å². The second kappa shape index (κ2) is 10.8. The lowest BCUT2D eigenvalue weighted by atomic mass is 9.98. The quantitative estimate of drug-likeness (QED) is 0.368. The van der Waals surface area contributed by atoms with Gasteiger partial charge in [-0.1, -0.05) is 44.2 Å². The van der Waals surface area contributed by atoms with Crippen molar-refractivity contribution in [3.05, 3.63) is 42.2 Å². The Kier molecular flexibility index (Phi) is 7.69. The molecule has 3 heterocycles. The number of halogens is 1. The maximum Gasteiger partial charge on any atom is 0.306 e. The predicted octanol–water partition coefficient (Wildman–Crippen LogP) is 2.63. The standard InChI is InChI=1S/C25H31FN6O5/c1-14(2)10-18(34)36-12-16-20(35)25(3,26)23(37-16)32-13-28-19-21(27-4)30-24(31-22(19)32)29-17(33)11-15-8-6-5-7-9-15/h5-9,13-14,16,20,23,35H,10-12H2,1-4H3,(H2,27,29,30,31,33)/t16-,20-,23-,25-/m1/s1. The normalized spacial score (nSPS) is 23.4. The van der Waals surface area contributed by atoms with Gasteiger partial charge in [-0.15, -0.1) is 0 Å². The molecule has 1 fully saturated rings. The lowest BCUT2D eigenvalue weighted by molar-refractivity contribution is -0.150. The molecule has 0 spiro atoms. The zero-order chi connectivity index (χ0) is 26.7. The van der Waals surface area contributed by atoms with Crippen LogP contribution in [-0.4, -0.2) is 68.0 Å². The van der Waals surface area contributed by atoms with Gasteiger partial charge in [0.15, 0.2) is 28.9 Å². The minimum atomic E-state index is -2.26. The Bertz CT molecular complexity index is 1270. The first-order chi connectivity index (χ1) is 17.6. The zero-order valence-corrected chi connectivity index (χ0v) is 21.1. The SMILES string of the molecule is CNc1nc(NC(=O)Cc2ccccc2)nc2c1ncn2[C@@H]1O[C@H](COC(=O)CC(C)C)[C@@H](O)[C@@]1(C)F. The van der Waals surface area contributed by atoms with Gasteiger partial charge >= 0.3 is 5.97 Å². The number of aliphatic hydroxyl groups is 1. The highest BCUT2D eigenvalue weighted by atomic mass is 19.1. The Balaban J connectivity index is 1.58. The maximum absolute atomic E-state index is 15.8. The average molecular weight is 515 g/mol. The highest BCUT2D eigenvalue weighted by Crippen LogP contribution is 2.42. The highest BCUT2D eigenvalue weighted by molar-refractivity contribution is 5.92. The fraction of sp³-hybridized carbons (Fsp3) is 0.480. The number of hydrogen-bond donors (Lipinski definition) is 3. The lowest BCUT2D eigenvalue weighted by Gasteiger charge is -2.24. The summed E-state index contributed by atoms with van der Waals surface area (Å²) in [6, 6.07) is 9.20. The van der Waals surface area contributed by atoms with E-state index in [1.165, 1.54) is 17.8 Å². The first-order valence-electron chi connectivity index (χ1n) is 12.0. The Morgan fingerprint density at radius 2 is 2.00 bits per heavy atom. The molecule has 37 heavy (non-hydrogen) atoms. The van der Waals surface area contributed by atoms with Gasteiger partial charge in [0.1, 0.15) is 18.8 Å². The van der Waals surface area contributed by atoms with Crippen LogP contribution in [0.2, 0.25) is 0 Å². The average Bonchev–Trinajstić information content (AvgIpc) is 3.35. The Labute approximate surface area is 213 Å². The molecule has 1 amide bonds. The molecule has 12 heteroatoms. The van der Waals surface area contributed by atoms with Crippen LogP contribution in [0.1, 0.15) is 39.0 Å². The van der Waals surface area contributed by atoms with Crippen molar-refractivity contribution < 1.29 is 28.6 Å². The third kappa shape index (κ3) is 5.70. The molecule has 1 aliphatic heterocycles. The Hall–Kier alpha value is -3.64. The van der Waals surface area contributed by atoms with Crippen molar-refractivity contribution >= 4 is 34.8 Å². The molecule has 3 N–H and O–H groups in total. The van der Waals surface area contributed by atoms with Gasteiger partial charge < -0.3 is 19.9 Å². The summed E-state index contributed by atoms with van der Waals surface area (Å²) in [6.07, 6.45) is -2.34. The van der Waals surface area contributed by atoms with Crippen LogP contribution in [0.4, 0.5) is 16.2 Å². The third-order valence-corrected chi connectivity index (χ3v) is 6.07. The van der Waals surface area contributed by atoms with E-state index in [-0.39, 0.29) is 42.9 Å². The molecule has 4 rings (SSSR count). The fourth-order valence-corrected chi connectivity index (χ4v) is 4.19. The van der Waals surface area contributed by atoms with Gasteiger partial charge in [0, 0.05) is 13.5 Å². The molecule has 0 unspecified atom stereocenters. The summed E-state index contributed by atoms with van der Waals surface area (Å²) in [4.78, 5) is 37.5. The van der Waals surface area contributed by atoms with E-state index in [1.54, 1.807) is 7.05 Å². The molecule has 3 aromatic rings. The number of rotatable bonds is 9. The molecular formula is C25H31FN6O5. The van der Waals surface area contributed by atoms with E-state index in [0.717, 1.165) is 5.56 Å². The minimum absolute atomic E-state index is 0.00203. The molecule has 0 saturated carbocycles. The summed E-state index contributed by atoms with van der Waals surface area (Å²) in [5, 5.41) is 16.2. The van der Waals surface area contributed by atoms with Gasteiger partial charge in [0.05, 0.1) is 12.7 Å². The molecule has 0 radical (unpaired) electrons. The molecule has 1 aromatic carbocycles. The third-order valence-electron chi connectivity index (χ3n) is 6.07. The summed E-state index contributed by atoms with van der Waals surface area (Å²) in [6.45, 7) is 4.65. The molecule has 1 saturated heterocycles. The van der Waals surface area contributed by atoms with Crippen molar-refractivity contribution in [3.63, 3.8) is 0 Å². The Morgan fingerprint density at radius 3 is 2.68 bits per heavy atom. The molecule has 11 nitrogen and oxygen atoms in total. The number of anilines is 2. The van der Waals surface area contributed by atoms with Gasteiger partial charge in [-0.2, -0.15) is 9.97 Å². The highest BCUT2D eigenvalue weighted by Gasteiger charge is 2.55. The maximum atomic E-state index is 15.8. The Morgan fingerprint density at radius 1 is 1.27 bits per heavy atom. The van der Waals surface area contributed by atoms with Gasteiger partial charge in [-0.25, -0.2) is 9.37 Å². The van der Waals surface area contributed by atoms with Crippen molar-refractivity contribution in [1.82, 2.24) is 19.5 Å². The van der Waals surface area contributed by atoms with Crippen LogP contribution in [0.3, 0.4) is 0 Å². The van der Waals surface area contributed by atoms with Crippen molar-refractivity contribution in [2.45, 2.75) is 57.7 Å². The number of amides is 1. The van der Waals surface area contributed by atoms with Crippen LogP contribution in [0.5, 0.6) is 0 Å². The second-order valence-corrected chi connectivity index (χ2v) is 9.58. The molecular weight excluding hydrogens is 483 g/mol. The van der Waals surface area contributed by atoms with Gasteiger partial charge in [0.2, 0.25) is 11.9 Å². The van der Waals surface area contributed by atoms with Crippen molar-refractivity contribution in [2.24, 2.45) is 5.92 Å². The van der Waals surface area contributed by atoms with E-state index in [1.807, 2.05) is 44.2 Å². The van der Waals surface area contributed by atoms with E-state index in [4.69, 9.17) is 9.47 Å². The summed E-state index contributed by atoms with van der Waals surface area (Å²) < 4.78 is 28.2. The number of imidazole rings is 1. The monoisotopic (exact) mass is 514 g/mol. The molecule has 0 bridgehead atoms. The van der Waals surface area contributed by atoms with Crippen LogP contribution < -0.4 is 10.6 Å². The number of aliphatic hydroxyl groups excluding tert-OH is 1. The van der Waals surface area contributed by atoms with E-state index in [0.29, 0.717) is 11.3 Å². The minimum Gasteiger partial charge on any atom is -0.463 e. The summed E-state index contributed by atoms with van der Waals surface area (Å²) in [7, 11) is 1.63. The zero-order valence-electron chi connectivity index (χ0n) is 21.1. The van der Waals surface area contributed by atoms with Gasteiger partial charge in [-0.05, 0) is 18.4 Å². The second-order valence-electron chi connectivity index (χ2n) is 9.58. The predicted molar refractivity (Wildman–Crippen MR) is 133 cm³/mol. The lowest BCUT2D eigenvalue weighted by Crippen LogP contribution is -2.41. The van der Waals surface area contributed by atoms with Crippen molar-refractivity contribution in [2.75, 3.05) is 24.3 Å². The summed E-state index contributed by atoms with van der Waals surface area (Å²) in [5.74, 6) is -0.369. The number of alkyl halides is 1. The number of ether oxygens (including phenoxy) is 2. The molecule has 4 atom stereocenters. The first kappa shape index (κ1) is 26.4. The van der Waals surface area contributed by atoms with Crippen molar-refractivity contribution in [1.29, 1.82) is 0 Å². The van der Waals surface area contributed by atoms with Crippen LogP contribution >= 0.6 is 0 Å². The smallest absolute Gasteiger partial charge is 0.306 e. The molecule has 198 valence electrons. The first-order valence-corrected chi connectivity index (χ1v) is 12.0. The van der Waals surface area contributed by atoms with E-state index in [2.05, 4.69) is 25.6 Å². The van der Waals surface area contributed by atoms with Crippen LogP contribution in [-0.2, 0) is 25.5 Å². The molecule has 2 aromatic heterocycles. The number of nitrogens with zero attached hydrogens (tertiary/aromatic N) is 4. The number of benzene rings is 1. The van der Waals surface area contributed by atoms with E-state index in [9.17, 15) is 14.7 Å². The number of carbonyl (C=O) groups is 2. The number of carbonyl (C=O) groups excluding carboxylic acids is 2. The molecule has 0 aliphatic carbocycles. The fourth-order valence-electron chi connectivity index (χ4n) is 4.19. The summed E-state index contributed by atoms with van der Waals surface area (Å²) in [5.41, 5.74) is -0.927. The van der Waals surface area contributed by atoms with Crippen molar-refractivity contribution in [3.8, 4) is 0 Å². The van der Waals surface area contributed by atoms with E-state index < -0.39 is 30.1 Å². The van der Waals surface area contributed by atoms with Crippen LogP contribution in [0.25, 0.3) is 11.2 Å². The van der Waals surface area contributed by atoms with Crippen LogP contribution in [0.15, 0.2) is 36.7 Å². The van der Waals surface area contributed by atoms with Gasteiger partial charge in [-0.3, -0.25) is 19.5 Å². The number of nitrogens with one attached hydrogen (secondary N) is 2. The van der Waals surface area contributed by atoms with Gasteiger partial charge in [0.25, 0.3) is 0 Å². The molecule has 1 aliphatic rings. The number of hydrogen-bond acceptors (Lipinski definition) is 9. The summed E-state index contributed by atoms with van der Waals surface area (Å²) >= 11 is 0. The topological polar surface area (TPSA) is 140 Å². The number of fused-ring (bicyclic) bond motifs is 1. The largest absolute Gasteiger partial charge is 0.463 e. The number of esters is 1. The van der Waals surface area contributed by atoms with Crippen LogP contribution in [0, 0.1) is 5.92 Å².